The Hall–Kier alpha value is -1.15. The van der Waals surface area contributed by atoms with Gasteiger partial charge in [0.05, 0.1) is 11.2 Å². The molecule has 0 saturated heterocycles. The molecule has 12 heavy (non-hydrogen) atoms. The minimum Gasteiger partial charge on any atom is -0.747 e. The molecule has 0 aromatic rings. The van der Waals surface area contributed by atoms with E-state index in [0.717, 1.165) is 0 Å². The summed E-state index contributed by atoms with van der Waals surface area (Å²) < 4.78 is 30.1. The minimum absolute atomic E-state index is 1.39. The van der Waals surface area contributed by atoms with Crippen molar-refractivity contribution in [3.05, 3.63) is 0 Å². The number of carbonyl (C=O) groups is 2. The Balaban J connectivity index is 4.70. The van der Waals surface area contributed by atoms with Gasteiger partial charge in [0.15, 0.2) is 0 Å². The molecule has 0 saturated carbocycles. The van der Waals surface area contributed by atoms with Gasteiger partial charge in [0.2, 0.25) is 0 Å². The van der Waals surface area contributed by atoms with Crippen LogP contribution in [0, 0.1) is 0 Å². The molecule has 7 nitrogen and oxygen atoms in total. The van der Waals surface area contributed by atoms with Gasteiger partial charge >= 0.3 is 0 Å². The van der Waals surface area contributed by atoms with E-state index in [1.54, 1.807) is 0 Å². The standard InChI is InChI=1S/C4H6O7S/c5-3(6)1-2(4(7)8)12(9,10)11/h2H,1H2,(H,5,6)(H,7,8)(H,9,10,11)/p-3. The van der Waals surface area contributed by atoms with Gasteiger partial charge in [-0.15, -0.1) is 0 Å². The predicted molar refractivity (Wildman–Crippen MR) is 28.1 cm³/mol. The monoisotopic (exact) mass is 195 g/mol. The molecular weight excluding hydrogens is 192 g/mol. The van der Waals surface area contributed by atoms with E-state index in [4.69, 9.17) is 0 Å². The molecule has 70 valence electrons. The second-order valence-electron chi connectivity index (χ2n) is 1.88. The maximum Gasteiger partial charge on any atom is 0.103 e. The normalized spacial score (nSPS) is 13.8. The first-order valence-electron chi connectivity index (χ1n) is 2.60. The Morgan fingerprint density at radius 1 is 1.25 bits per heavy atom. The van der Waals surface area contributed by atoms with Crippen molar-refractivity contribution in [1.82, 2.24) is 0 Å². The van der Waals surface area contributed by atoms with Crippen LogP contribution in [0.5, 0.6) is 0 Å². The molecule has 0 aromatic carbocycles. The van der Waals surface area contributed by atoms with Gasteiger partial charge in [-0.1, -0.05) is 0 Å². The molecule has 0 aliphatic rings. The van der Waals surface area contributed by atoms with E-state index in [1.165, 1.54) is 0 Å². The number of hydrogen-bond acceptors (Lipinski definition) is 7. The number of carbonyl (C=O) groups excluding carboxylic acids is 2. The summed E-state index contributed by atoms with van der Waals surface area (Å²) in [5, 5.41) is 17.1. The van der Waals surface area contributed by atoms with Crippen LogP contribution in [0.15, 0.2) is 0 Å². The van der Waals surface area contributed by atoms with Gasteiger partial charge in [0.1, 0.15) is 10.1 Å². The molecule has 0 aliphatic carbocycles. The first-order valence-corrected chi connectivity index (χ1v) is 4.07. The lowest BCUT2D eigenvalue weighted by Gasteiger charge is -2.21. The fraction of sp³-hybridized carbons (Fsp3) is 0.500. The predicted octanol–water partition coefficient (Wildman–Crippen LogP) is -4.21. The van der Waals surface area contributed by atoms with Crippen LogP contribution in [0.1, 0.15) is 6.42 Å². The summed E-state index contributed by atoms with van der Waals surface area (Å²) in [7, 11) is -5.19. The Bertz CT molecular complexity index is 289. The lowest BCUT2D eigenvalue weighted by atomic mass is 10.3. The Labute approximate surface area is 67.4 Å². The van der Waals surface area contributed by atoms with Crippen molar-refractivity contribution in [1.29, 1.82) is 0 Å². The summed E-state index contributed by atoms with van der Waals surface area (Å²) >= 11 is 0. The minimum atomic E-state index is -5.19. The third-order valence-corrected chi connectivity index (χ3v) is 2.02. The molecule has 0 radical (unpaired) electrons. The SMILES string of the molecule is O=C([O-])CC(C(=O)[O-])S(=O)(=O)[O-]. The lowest BCUT2D eigenvalue weighted by Crippen LogP contribution is -2.44. The summed E-state index contributed by atoms with van der Waals surface area (Å²) in [6, 6.07) is 0. The number of rotatable bonds is 4. The molecule has 0 aliphatic heterocycles. The highest BCUT2D eigenvalue weighted by atomic mass is 32.2. The average molecular weight is 195 g/mol. The zero-order valence-corrected chi connectivity index (χ0v) is 6.37. The molecule has 1 unspecified atom stereocenters. The summed E-state index contributed by atoms with van der Waals surface area (Å²) in [5.41, 5.74) is 0. The molecule has 0 N–H and O–H groups in total. The fourth-order valence-electron chi connectivity index (χ4n) is 0.455. The van der Waals surface area contributed by atoms with Crippen molar-refractivity contribution < 1.29 is 32.8 Å². The number of carboxylic acids is 2. The van der Waals surface area contributed by atoms with Crippen LogP contribution in [0.25, 0.3) is 0 Å². The van der Waals surface area contributed by atoms with Crippen molar-refractivity contribution >= 4 is 22.1 Å². The number of aliphatic carboxylic acids is 2. The van der Waals surface area contributed by atoms with Crippen LogP contribution >= 0.6 is 0 Å². The maximum absolute atomic E-state index is 10.0. The van der Waals surface area contributed by atoms with E-state index in [1.807, 2.05) is 0 Å². The molecule has 0 rings (SSSR count). The third-order valence-electron chi connectivity index (χ3n) is 0.963. The molecule has 0 spiro atoms. The van der Waals surface area contributed by atoms with Crippen molar-refractivity contribution in [3.8, 4) is 0 Å². The van der Waals surface area contributed by atoms with E-state index in [0.29, 0.717) is 0 Å². The zero-order chi connectivity index (χ0) is 9.94. The molecule has 0 aromatic heterocycles. The zero-order valence-electron chi connectivity index (χ0n) is 5.55. The second kappa shape index (κ2) is 3.50. The van der Waals surface area contributed by atoms with Gasteiger partial charge in [-0.3, -0.25) is 0 Å². The maximum atomic E-state index is 10.0. The Kier molecular flexibility index (Phi) is 3.16. The largest absolute Gasteiger partial charge is 0.747 e. The Morgan fingerprint density at radius 2 is 1.67 bits per heavy atom. The molecule has 1 atom stereocenters. The van der Waals surface area contributed by atoms with E-state index in [-0.39, 0.29) is 0 Å². The van der Waals surface area contributed by atoms with E-state index in [9.17, 15) is 32.8 Å². The van der Waals surface area contributed by atoms with Crippen LogP contribution in [0.4, 0.5) is 0 Å². The van der Waals surface area contributed by atoms with Crippen LogP contribution < -0.4 is 10.2 Å². The van der Waals surface area contributed by atoms with E-state index >= 15 is 0 Å². The molecule has 0 amide bonds. The first kappa shape index (κ1) is 10.8. The first-order chi connectivity index (χ1) is 5.25. The molecule has 0 bridgehead atoms. The molecular formula is C4H3O7S-3. The Morgan fingerprint density at radius 3 is 1.75 bits per heavy atom. The summed E-state index contributed by atoms with van der Waals surface area (Å²) in [6.07, 6.45) is -1.39. The van der Waals surface area contributed by atoms with Crippen molar-refractivity contribution in [2.24, 2.45) is 0 Å². The topological polar surface area (TPSA) is 137 Å². The highest BCUT2D eigenvalue weighted by Crippen LogP contribution is 2.01. The highest BCUT2D eigenvalue weighted by Gasteiger charge is 2.17. The van der Waals surface area contributed by atoms with Crippen molar-refractivity contribution in [3.63, 3.8) is 0 Å². The summed E-state index contributed by atoms with van der Waals surface area (Å²) in [5.74, 6) is -4.18. The van der Waals surface area contributed by atoms with Gasteiger partial charge in [-0.2, -0.15) is 0 Å². The van der Waals surface area contributed by atoms with Gasteiger partial charge in [0, 0.05) is 12.4 Å². The van der Waals surface area contributed by atoms with E-state index < -0.39 is 33.7 Å². The number of carboxylic acid groups (broad SMARTS) is 2. The lowest BCUT2D eigenvalue weighted by molar-refractivity contribution is -0.314. The van der Waals surface area contributed by atoms with Crippen molar-refractivity contribution in [2.45, 2.75) is 11.7 Å². The fourth-order valence-corrected chi connectivity index (χ4v) is 1.03. The number of hydrogen-bond donors (Lipinski definition) is 0. The molecule has 0 fully saturated rings. The van der Waals surface area contributed by atoms with Crippen LogP contribution in [0.3, 0.4) is 0 Å². The quantitative estimate of drug-likeness (QED) is 0.414. The third kappa shape index (κ3) is 3.30. The van der Waals surface area contributed by atoms with Crippen LogP contribution in [-0.2, 0) is 19.7 Å². The van der Waals surface area contributed by atoms with Crippen LogP contribution in [0.2, 0.25) is 0 Å². The van der Waals surface area contributed by atoms with Crippen molar-refractivity contribution in [2.75, 3.05) is 0 Å². The van der Waals surface area contributed by atoms with Gasteiger partial charge in [-0.05, 0) is 0 Å². The van der Waals surface area contributed by atoms with Crippen LogP contribution in [-0.4, -0.2) is 30.2 Å². The molecule has 0 heterocycles. The smallest absolute Gasteiger partial charge is 0.103 e. The highest BCUT2D eigenvalue weighted by molar-refractivity contribution is 7.87. The van der Waals surface area contributed by atoms with E-state index in [2.05, 4.69) is 0 Å². The second-order valence-corrected chi connectivity index (χ2v) is 3.43. The summed E-state index contributed by atoms with van der Waals surface area (Å²) in [6.45, 7) is 0. The average Bonchev–Trinajstić information content (AvgIpc) is 1.79. The molecule has 8 heteroatoms. The summed E-state index contributed by atoms with van der Waals surface area (Å²) in [4.78, 5) is 19.7. The van der Waals surface area contributed by atoms with Gasteiger partial charge in [0.25, 0.3) is 0 Å². The van der Waals surface area contributed by atoms with Gasteiger partial charge < -0.3 is 24.4 Å². The van der Waals surface area contributed by atoms with Gasteiger partial charge in [-0.25, -0.2) is 8.42 Å².